The Morgan fingerprint density at radius 3 is 1.95 bits per heavy atom. The molecule has 57 heavy (non-hydrogen) atoms. The quantitative estimate of drug-likeness (QED) is 0.156. The minimum absolute atomic E-state index is 0.0904. The highest BCUT2D eigenvalue weighted by atomic mass is 15.1. The van der Waals surface area contributed by atoms with Crippen LogP contribution in [0.2, 0.25) is 0 Å². The first kappa shape index (κ1) is 34.0. The number of rotatable bonds is 5. The lowest BCUT2D eigenvalue weighted by atomic mass is 9.73. The smallest absolute Gasteiger partial charge is 0.221 e. The van der Waals surface area contributed by atoms with Gasteiger partial charge in [-0.3, -0.25) is 0 Å². The first-order valence-electron chi connectivity index (χ1n) is 20.8. The van der Waals surface area contributed by atoms with Crippen molar-refractivity contribution in [3.05, 3.63) is 181 Å². The minimum Gasteiger partial charge on any atom is -0.309 e. The number of nitrogens with zero attached hydrogens (tertiary/aromatic N) is 2. The summed E-state index contributed by atoms with van der Waals surface area (Å²) < 4.78 is 5.20. The summed E-state index contributed by atoms with van der Waals surface area (Å²) in [5.74, 6) is 0. The van der Waals surface area contributed by atoms with Crippen LogP contribution in [0.25, 0.3) is 82.9 Å². The van der Waals surface area contributed by atoms with Gasteiger partial charge in [-0.2, -0.15) is 4.57 Å². The van der Waals surface area contributed by atoms with E-state index in [9.17, 15) is 0 Å². The monoisotopic (exact) mass is 735 g/mol. The lowest BCUT2D eigenvalue weighted by molar-refractivity contribution is -0.756. The number of aromatic nitrogens is 2. The minimum atomic E-state index is -0.243. The summed E-state index contributed by atoms with van der Waals surface area (Å²) >= 11 is 0. The van der Waals surface area contributed by atoms with Crippen LogP contribution in [-0.4, -0.2) is 4.57 Å². The molecule has 4 heterocycles. The van der Waals surface area contributed by atoms with Crippen molar-refractivity contribution in [3.8, 4) is 50.3 Å². The molecule has 0 bridgehead atoms. The molecule has 0 spiro atoms. The molecule has 2 heteroatoms. The fourth-order valence-corrected chi connectivity index (χ4v) is 10.6. The van der Waals surface area contributed by atoms with Crippen molar-refractivity contribution in [2.45, 2.75) is 64.3 Å². The van der Waals surface area contributed by atoms with Crippen LogP contribution in [0.5, 0.6) is 0 Å². The standard InChI is InChI=1S/C55H47N2/c1-5-55(6-2)29-27-39-21-22-41(31-45(39)52-44-20-14-13-19-38(44)28-30-56(52)55)42-24-26-51-48(34-42)54(3,4)49-35-43(37-17-11-8-12-18-37)33-47-46-32-40(36-15-9-7-10-16-36)23-25-50(46)57(51)53(47)49/h7-26,28,30-35H,5-6,27,29H2,1-4H3/q+1. The Balaban J connectivity index is 1.14. The van der Waals surface area contributed by atoms with E-state index in [4.69, 9.17) is 0 Å². The average Bonchev–Trinajstić information content (AvgIpc) is 3.51. The van der Waals surface area contributed by atoms with Crippen molar-refractivity contribution in [2.24, 2.45) is 0 Å². The maximum Gasteiger partial charge on any atom is 0.221 e. The number of fused-ring (bicyclic) bond motifs is 10. The number of aryl methyl sites for hydroxylation is 1. The molecule has 11 rings (SSSR count). The lowest BCUT2D eigenvalue weighted by Gasteiger charge is -2.35. The zero-order chi connectivity index (χ0) is 38.5. The number of hydrogen-bond acceptors (Lipinski definition) is 0. The normalized spacial score (nSPS) is 14.9. The molecule has 7 aromatic carbocycles. The van der Waals surface area contributed by atoms with Crippen molar-refractivity contribution < 1.29 is 4.57 Å². The van der Waals surface area contributed by atoms with Gasteiger partial charge in [0.1, 0.15) is 0 Å². The molecule has 9 aromatic rings. The molecule has 0 amide bonds. The predicted octanol–water partition coefficient (Wildman–Crippen LogP) is 14.0. The van der Waals surface area contributed by atoms with Crippen LogP contribution in [0.15, 0.2) is 164 Å². The van der Waals surface area contributed by atoms with Gasteiger partial charge in [-0.15, -0.1) is 0 Å². The summed E-state index contributed by atoms with van der Waals surface area (Å²) in [7, 11) is 0. The van der Waals surface area contributed by atoms with Gasteiger partial charge in [0, 0.05) is 41.5 Å². The Morgan fingerprint density at radius 2 is 1.18 bits per heavy atom. The highest BCUT2D eigenvalue weighted by molar-refractivity contribution is 6.14. The Kier molecular flexibility index (Phi) is 7.54. The van der Waals surface area contributed by atoms with Crippen molar-refractivity contribution in [1.29, 1.82) is 0 Å². The Labute approximate surface area is 335 Å². The highest BCUT2D eigenvalue weighted by Crippen LogP contribution is 2.50. The second-order valence-electron chi connectivity index (χ2n) is 17.0. The number of benzene rings is 7. The third kappa shape index (κ3) is 4.99. The van der Waals surface area contributed by atoms with Gasteiger partial charge in [0.15, 0.2) is 11.7 Å². The van der Waals surface area contributed by atoms with Crippen molar-refractivity contribution in [2.75, 3.05) is 0 Å². The summed E-state index contributed by atoms with van der Waals surface area (Å²) in [4.78, 5) is 0. The van der Waals surface area contributed by atoms with Gasteiger partial charge in [-0.1, -0.05) is 131 Å². The van der Waals surface area contributed by atoms with Crippen molar-refractivity contribution >= 4 is 32.6 Å². The molecule has 0 aliphatic carbocycles. The molecule has 2 aliphatic rings. The van der Waals surface area contributed by atoms with Gasteiger partial charge in [0.05, 0.1) is 27.7 Å². The SMILES string of the molecule is CCC1(CC)CCc2ccc(-c3ccc4c(c3)C(C)(C)c3cc(-c5ccccc5)cc5c6cc(-c7ccccc7)ccc6n-4c35)cc2-c2c3ccccc3cc[n+]21. The van der Waals surface area contributed by atoms with Crippen molar-refractivity contribution in [1.82, 2.24) is 4.57 Å². The molecular weight excluding hydrogens is 689 g/mol. The molecule has 0 N–H and O–H groups in total. The first-order valence-corrected chi connectivity index (χ1v) is 20.8. The predicted molar refractivity (Wildman–Crippen MR) is 239 cm³/mol. The van der Waals surface area contributed by atoms with Gasteiger partial charge in [-0.25, -0.2) is 0 Å². The zero-order valence-corrected chi connectivity index (χ0v) is 33.3. The molecular formula is C55H47N2+. The van der Waals surface area contributed by atoms with Crippen molar-refractivity contribution in [3.63, 3.8) is 0 Å². The fraction of sp³-hybridized carbons (Fsp3) is 0.182. The molecule has 0 fully saturated rings. The summed E-state index contributed by atoms with van der Waals surface area (Å²) in [6.07, 6.45) is 6.82. The Bertz CT molecular complexity index is 3050. The van der Waals surface area contributed by atoms with E-state index in [1.54, 1.807) is 0 Å². The van der Waals surface area contributed by atoms with E-state index in [-0.39, 0.29) is 11.0 Å². The van der Waals surface area contributed by atoms with Crippen LogP contribution in [0.4, 0.5) is 0 Å². The van der Waals surface area contributed by atoms with Crippen LogP contribution in [0.3, 0.4) is 0 Å². The second-order valence-corrected chi connectivity index (χ2v) is 17.0. The Hall–Kier alpha value is -6.25. The molecule has 0 saturated carbocycles. The van der Waals surface area contributed by atoms with E-state index < -0.39 is 0 Å². The summed E-state index contributed by atoms with van der Waals surface area (Å²) in [6, 6.07) is 59.5. The maximum absolute atomic E-state index is 2.65. The van der Waals surface area contributed by atoms with Crippen LogP contribution in [-0.2, 0) is 17.4 Å². The van der Waals surface area contributed by atoms with Gasteiger partial charge in [0.2, 0.25) is 5.69 Å². The van der Waals surface area contributed by atoms with Crippen LogP contribution in [0, 0.1) is 0 Å². The first-order chi connectivity index (χ1) is 27.9. The van der Waals surface area contributed by atoms with Gasteiger partial charge >= 0.3 is 0 Å². The summed E-state index contributed by atoms with van der Waals surface area (Å²) in [6.45, 7) is 9.61. The molecule has 0 radical (unpaired) electrons. The van der Waals surface area contributed by atoms with E-state index in [1.807, 2.05) is 0 Å². The third-order valence-corrected chi connectivity index (χ3v) is 13.9. The van der Waals surface area contributed by atoms with Gasteiger partial charge in [-0.05, 0) is 110 Å². The van der Waals surface area contributed by atoms with Gasteiger partial charge < -0.3 is 4.57 Å². The molecule has 276 valence electrons. The maximum atomic E-state index is 2.65. The molecule has 2 aromatic heterocycles. The number of hydrogen-bond donors (Lipinski definition) is 0. The molecule has 0 atom stereocenters. The third-order valence-electron chi connectivity index (χ3n) is 13.9. The largest absolute Gasteiger partial charge is 0.309 e. The topological polar surface area (TPSA) is 8.81 Å². The summed E-state index contributed by atoms with van der Waals surface area (Å²) in [5.41, 5.74) is 18.1. The van der Waals surface area contributed by atoms with Gasteiger partial charge in [0.25, 0.3) is 0 Å². The molecule has 2 nitrogen and oxygen atoms in total. The van der Waals surface area contributed by atoms with E-state index in [2.05, 4.69) is 201 Å². The highest BCUT2D eigenvalue weighted by Gasteiger charge is 2.42. The zero-order valence-electron chi connectivity index (χ0n) is 33.3. The van der Waals surface area contributed by atoms with E-state index >= 15 is 0 Å². The second kappa shape index (κ2) is 12.6. The molecule has 0 saturated heterocycles. The average molecular weight is 736 g/mol. The van der Waals surface area contributed by atoms with Crippen LogP contribution >= 0.6 is 0 Å². The fourth-order valence-electron chi connectivity index (χ4n) is 10.6. The number of pyridine rings is 1. The van der Waals surface area contributed by atoms with Crippen LogP contribution < -0.4 is 4.57 Å². The molecule has 2 aliphatic heterocycles. The van der Waals surface area contributed by atoms with E-state index in [0.29, 0.717) is 0 Å². The summed E-state index contributed by atoms with van der Waals surface area (Å²) in [5, 5.41) is 5.24. The van der Waals surface area contributed by atoms with E-state index in [1.165, 1.54) is 99.6 Å². The van der Waals surface area contributed by atoms with Crippen LogP contribution in [0.1, 0.15) is 63.6 Å². The van der Waals surface area contributed by atoms with E-state index in [0.717, 1.165) is 25.7 Å². The molecule has 0 unspecified atom stereocenters. The Morgan fingerprint density at radius 1 is 0.544 bits per heavy atom. The lowest BCUT2D eigenvalue weighted by Crippen LogP contribution is -2.56.